The third-order valence-electron chi connectivity index (χ3n) is 18.6. The Morgan fingerprint density at radius 1 is 0.284 bits per heavy atom. The van der Waals surface area contributed by atoms with Crippen molar-refractivity contribution in [3.63, 3.8) is 0 Å². The summed E-state index contributed by atoms with van der Waals surface area (Å²) in [5.74, 6) is 3.10. The summed E-state index contributed by atoms with van der Waals surface area (Å²) in [7, 11) is 0. The van der Waals surface area contributed by atoms with E-state index in [4.69, 9.17) is 21.3 Å². The fourth-order valence-electron chi connectivity index (χ4n) is 15.6. The van der Waals surface area contributed by atoms with Crippen LogP contribution < -0.4 is 40.1 Å². The second-order valence-corrected chi connectivity index (χ2v) is 26.3. The summed E-state index contributed by atoms with van der Waals surface area (Å²) in [6.07, 6.45) is 0. The van der Waals surface area contributed by atoms with Gasteiger partial charge < -0.3 is 19.3 Å². The number of nitrogens with zero attached hydrogens (tertiary/aromatic N) is 3. The van der Waals surface area contributed by atoms with Crippen LogP contribution in [0.3, 0.4) is 0 Å². The summed E-state index contributed by atoms with van der Waals surface area (Å²) >= 11 is 7.76. The second kappa shape index (κ2) is 15.6. The van der Waals surface area contributed by atoms with Crippen molar-refractivity contribution in [2.24, 2.45) is 0 Å². The molecule has 0 saturated heterocycles. The Morgan fingerprint density at radius 3 is 1.07 bits per heavy atom. The van der Waals surface area contributed by atoms with Gasteiger partial charge in [0.15, 0.2) is 23.0 Å². The van der Waals surface area contributed by atoms with Crippen LogP contribution in [0.1, 0.15) is 44.5 Å². The molecule has 12 aromatic carbocycles. The Morgan fingerprint density at radius 2 is 0.642 bits per heavy atom. The number of ether oxygens (including phenoxy) is 2. The largest absolute Gasteiger partial charge is 0.453 e. The average molecular weight is 1070 g/mol. The lowest BCUT2D eigenvalue weighted by atomic mass is 9.67. The first-order valence-corrected chi connectivity index (χ1v) is 30.6. The van der Waals surface area contributed by atoms with Crippen LogP contribution in [0.5, 0.6) is 23.0 Å². The quantitative estimate of drug-likeness (QED) is 0.154. The Labute approximate surface area is 473 Å². The fraction of sp³-hybridized carbons (Fsp3) is 0.0270. The van der Waals surface area contributed by atoms with Gasteiger partial charge in [0.2, 0.25) is 0 Å². The highest BCUT2D eigenvalue weighted by molar-refractivity contribution is 8.26. The van der Waals surface area contributed by atoms with Crippen LogP contribution in [0.15, 0.2) is 267 Å². The van der Waals surface area contributed by atoms with Crippen molar-refractivity contribution in [3.8, 4) is 45.3 Å². The van der Waals surface area contributed by atoms with Crippen molar-refractivity contribution in [1.82, 2.24) is 0 Å². The van der Waals surface area contributed by atoms with Crippen LogP contribution >= 0.6 is 6.04 Å². The van der Waals surface area contributed by atoms with Gasteiger partial charge in [-0.3, -0.25) is 4.90 Å². The van der Waals surface area contributed by atoms with E-state index in [9.17, 15) is 0 Å². The Balaban J connectivity index is 0.911. The number of anilines is 9. The van der Waals surface area contributed by atoms with E-state index in [1.807, 2.05) is 6.07 Å². The summed E-state index contributed by atoms with van der Waals surface area (Å²) in [5, 5.41) is 3.44. The molecule has 19 rings (SSSR count). The first kappa shape index (κ1) is 44.2. The molecule has 5 aliphatic heterocycles. The predicted molar refractivity (Wildman–Crippen MR) is 332 cm³/mol. The molecule has 81 heavy (non-hydrogen) atoms. The highest BCUT2D eigenvalue weighted by Crippen LogP contribution is 2.73. The van der Waals surface area contributed by atoms with Gasteiger partial charge in [0.05, 0.1) is 39.6 Å². The van der Waals surface area contributed by atoms with Crippen LogP contribution in [0, 0.1) is 0 Å². The highest BCUT2D eigenvalue weighted by atomic mass is 32.4. The Kier molecular flexibility index (Phi) is 8.48. The second-order valence-electron chi connectivity index (χ2n) is 22.1. The molecule has 2 aliphatic carbocycles. The van der Waals surface area contributed by atoms with E-state index in [1.165, 1.54) is 66.8 Å². The third-order valence-corrected chi connectivity index (χ3v) is 23.4. The first-order chi connectivity index (χ1) is 40.1. The van der Waals surface area contributed by atoms with Crippen molar-refractivity contribution < 1.29 is 9.47 Å². The lowest BCUT2D eigenvalue weighted by Gasteiger charge is -2.53. The zero-order valence-corrected chi connectivity index (χ0v) is 45.1. The van der Waals surface area contributed by atoms with Crippen LogP contribution in [0.2, 0.25) is 0 Å². The van der Waals surface area contributed by atoms with Gasteiger partial charge >= 0.3 is 0 Å². The topological polar surface area (TPSA) is 28.2 Å². The van der Waals surface area contributed by atoms with E-state index in [0.29, 0.717) is 0 Å². The zero-order valence-electron chi connectivity index (χ0n) is 43.4. The summed E-state index contributed by atoms with van der Waals surface area (Å²) in [5.41, 5.74) is 23.1. The van der Waals surface area contributed by atoms with Crippen molar-refractivity contribution in [2.45, 2.75) is 10.8 Å². The fourth-order valence-corrected chi connectivity index (χ4v) is 21.0. The van der Waals surface area contributed by atoms with Gasteiger partial charge in [-0.25, -0.2) is 0 Å². The number of fused-ring (bicyclic) bond motifs is 6. The standard InChI is InChI=1S/C74H44N3O2PS/c81-80-70-59-31-17-32-60(70)76(50-36-38-54-52-28-14-16-30-56(52)74(58(54)44-50,47-23-9-3-10-24-47)48-25-11-4-12-26-48)62-40-42-66-69(72(62)80)77-67-63(33-18-34-64(67)79-66)78-65-41-39-61(71(80)68(65)77)75(59)49-35-37-53-51-27-13-15-29-55(51)73(57(53)43-49,45-19-5-1-6-20-45)46-21-7-2-8-22-46/h1-44H. The van der Waals surface area contributed by atoms with E-state index < -0.39 is 16.9 Å². The van der Waals surface area contributed by atoms with Crippen molar-refractivity contribution in [1.29, 1.82) is 0 Å². The monoisotopic (exact) mass is 1070 g/mol. The molecule has 12 aromatic rings. The average Bonchev–Trinajstić information content (AvgIpc) is 1.91. The molecule has 0 atom stereocenters. The Hall–Kier alpha value is -9.71. The van der Waals surface area contributed by atoms with Crippen LogP contribution in [-0.2, 0) is 22.6 Å². The predicted octanol–water partition coefficient (Wildman–Crippen LogP) is 17.7. The van der Waals surface area contributed by atoms with Crippen LogP contribution in [-0.4, -0.2) is 0 Å². The molecule has 0 amide bonds. The maximum atomic E-state index is 7.76. The number of hydrogen-bond donors (Lipinski definition) is 0. The summed E-state index contributed by atoms with van der Waals surface area (Å²) in [6, 6.07) is 95.7. The summed E-state index contributed by atoms with van der Waals surface area (Å²) in [4.78, 5) is 7.50. The highest BCUT2D eigenvalue weighted by Gasteiger charge is 2.57. The van der Waals surface area contributed by atoms with Gasteiger partial charge in [-0.1, -0.05) is 206 Å². The van der Waals surface area contributed by atoms with E-state index in [1.54, 1.807) is 0 Å². The lowest BCUT2D eigenvalue weighted by molar-refractivity contribution is 0.446. The molecule has 0 radical (unpaired) electrons. The number of hydrogen-bond acceptors (Lipinski definition) is 6. The van der Waals surface area contributed by atoms with Crippen LogP contribution in [0.25, 0.3) is 22.3 Å². The minimum atomic E-state index is -2.97. The van der Waals surface area contributed by atoms with Gasteiger partial charge in [-0.05, 0) is 140 Å². The zero-order chi connectivity index (χ0) is 52.9. The molecule has 0 saturated carbocycles. The van der Waals surface area contributed by atoms with Crippen molar-refractivity contribution in [2.75, 3.05) is 14.7 Å². The van der Waals surface area contributed by atoms with Gasteiger partial charge in [-0.15, -0.1) is 0 Å². The van der Waals surface area contributed by atoms with E-state index in [2.05, 4.69) is 276 Å². The number of benzene rings is 12. The number of rotatable bonds is 6. The smallest absolute Gasteiger partial charge is 0.155 e. The summed E-state index contributed by atoms with van der Waals surface area (Å²) < 4.78 is 14.1. The molecule has 7 aliphatic rings. The van der Waals surface area contributed by atoms with Crippen molar-refractivity contribution >= 4 is 84.9 Å². The lowest BCUT2D eigenvalue weighted by Crippen LogP contribution is -2.48. The molecule has 378 valence electrons. The SMILES string of the molecule is S=P12c3c4cccc3N(c3ccc5c(c3)C(c3ccccc3)(c3ccccc3)c3ccccc3-5)c3ccc5c(c31)N1c3c(cccc3O5)Oc3ccc(c2c31)N4c1ccc2c(c1)C(c1ccccc1)(c1ccccc1)c1ccccc1-2. The van der Waals surface area contributed by atoms with Crippen LogP contribution in [0.4, 0.5) is 51.2 Å². The van der Waals surface area contributed by atoms with Gasteiger partial charge in [0.25, 0.3) is 0 Å². The van der Waals surface area contributed by atoms with Gasteiger partial charge in [0.1, 0.15) is 17.1 Å². The maximum absolute atomic E-state index is 7.76. The number of para-hydroxylation sites is 1. The molecule has 0 unspecified atom stereocenters. The van der Waals surface area contributed by atoms with E-state index in [0.717, 1.165) is 90.1 Å². The molecule has 0 spiro atoms. The molecule has 0 fully saturated rings. The molecule has 0 aromatic heterocycles. The Bertz CT molecular complexity index is 4460. The molecular weight excluding hydrogens is 1030 g/mol. The normalized spacial score (nSPS) is 15.9. The molecule has 7 heteroatoms. The molecule has 5 nitrogen and oxygen atoms in total. The van der Waals surface area contributed by atoms with E-state index >= 15 is 0 Å². The maximum Gasteiger partial charge on any atom is 0.155 e. The van der Waals surface area contributed by atoms with Gasteiger partial charge in [-0.2, -0.15) is 0 Å². The van der Waals surface area contributed by atoms with Gasteiger partial charge in [0, 0.05) is 27.3 Å². The first-order valence-electron chi connectivity index (χ1n) is 27.8. The molecule has 5 heterocycles. The molecular formula is C74H44N3O2PS. The minimum Gasteiger partial charge on any atom is -0.453 e. The summed E-state index contributed by atoms with van der Waals surface area (Å²) in [6.45, 7) is 0. The van der Waals surface area contributed by atoms with E-state index in [-0.39, 0.29) is 0 Å². The third kappa shape index (κ3) is 5.23. The minimum absolute atomic E-state index is 0.597. The van der Waals surface area contributed by atoms with Crippen molar-refractivity contribution in [3.05, 3.63) is 311 Å². The molecule has 0 bridgehead atoms. The molecule has 0 N–H and O–H groups in total.